The largest absolute Gasteiger partial charge is 0.363 e. The highest BCUT2D eigenvalue weighted by Gasteiger charge is 2.10. The predicted octanol–water partition coefficient (Wildman–Crippen LogP) is 1.16. The van der Waals surface area contributed by atoms with Crippen molar-refractivity contribution in [2.75, 3.05) is 19.4 Å². The molecule has 1 rings (SSSR count). The summed E-state index contributed by atoms with van der Waals surface area (Å²) in [7, 11) is 3.35. The number of carbonyl (C=O) groups excluding carboxylic acids is 1. The zero-order valence-electron chi connectivity index (χ0n) is 9.77. The number of rotatable bonds is 4. The predicted molar refractivity (Wildman–Crippen MR) is 63.3 cm³/mol. The van der Waals surface area contributed by atoms with E-state index >= 15 is 0 Å². The van der Waals surface area contributed by atoms with Crippen molar-refractivity contribution in [3.05, 3.63) is 30.5 Å². The van der Waals surface area contributed by atoms with Gasteiger partial charge in [0.2, 0.25) is 0 Å². The van der Waals surface area contributed by atoms with Gasteiger partial charge in [-0.3, -0.25) is 4.79 Å². The van der Waals surface area contributed by atoms with Gasteiger partial charge < -0.3 is 10.2 Å². The van der Waals surface area contributed by atoms with Crippen LogP contribution in [0.3, 0.4) is 0 Å². The van der Waals surface area contributed by atoms with Crippen molar-refractivity contribution in [3.8, 4) is 0 Å². The number of amides is 1. The van der Waals surface area contributed by atoms with E-state index in [0.717, 1.165) is 0 Å². The summed E-state index contributed by atoms with van der Waals surface area (Å²) in [4.78, 5) is 13.0. The Morgan fingerprint density at radius 3 is 2.62 bits per heavy atom. The normalized spacial score (nSPS) is 11.7. The van der Waals surface area contributed by atoms with Gasteiger partial charge in [-0.05, 0) is 19.1 Å². The molecule has 1 heterocycles. The lowest BCUT2D eigenvalue weighted by atomic mass is 10.3. The molecule has 86 valence electrons. The third-order valence-corrected chi connectivity index (χ3v) is 2.02. The SMILES string of the molecule is C=CC(C)Nc1ccc(C(=O)N(C)C)nn1. The van der Waals surface area contributed by atoms with Crippen LogP contribution in [0.4, 0.5) is 5.82 Å². The van der Waals surface area contributed by atoms with Crippen molar-refractivity contribution in [3.63, 3.8) is 0 Å². The Bertz CT molecular complexity index is 372. The molecule has 5 nitrogen and oxygen atoms in total. The van der Waals surface area contributed by atoms with Crippen molar-refractivity contribution >= 4 is 11.7 Å². The average molecular weight is 220 g/mol. The number of carbonyl (C=O) groups is 1. The van der Waals surface area contributed by atoms with Gasteiger partial charge in [0.05, 0.1) is 0 Å². The first-order valence-electron chi connectivity index (χ1n) is 4.99. The maximum absolute atomic E-state index is 11.5. The van der Waals surface area contributed by atoms with E-state index < -0.39 is 0 Å². The van der Waals surface area contributed by atoms with Crippen LogP contribution in [0, 0.1) is 0 Å². The molecule has 0 aromatic carbocycles. The van der Waals surface area contributed by atoms with Crippen molar-refractivity contribution in [1.29, 1.82) is 0 Å². The highest BCUT2D eigenvalue weighted by molar-refractivity contribution is 5.91. The minimum absolute atomic E-state index is 0.115. The summed E-state index contributed by atoms with van der Waals surface area (Å²) < 4.78 is 0. The van der Waals surface area contributed by atoms with E-state index in [4.69, 9.17) is 0 Å². The maximum atomic E-state index is 11.5. The zero-order valence-corrected chi connectivity index (χ0v) is 9.77. The van der Waals surface area contributed by atoms with Gasteiger partial charge >= 0.3 is 0 Å². The van der Waals surface area contributed by atoms with Crippen LogP contribution in [0.2, 0.25) is 0 Å². The molecule has 0 bridgehead atoms. The topological polar surface area (TPSA) is 58.1 Å². The highest BCUT2D eigenvalue weighted by Crippen LogP contribution is 2.05. The Morgan fingerprint density at radius 2 is 2.19 bits per heavy atom. The fraction of sp³-hybridized carbons (Fsp3) is 0.364. The summed E-state index contributed by atoms with van der Waals surface area (Å²) in [5, 5.41) is 10.8. The van der Waals surface area contributed by atoms with E-state index in [-0.39, 0.29) is 11.9 Å². The lowest BCUT2D eigenvalue weighted by Gasteiger charge is -2.11. The molecule has 1 amide bonds. The molecule has 1 aromatic heterocycles. The van der Waals surface area contributed by atoms with Crippen LogP contribution >= 0.6 is 0 Å². The summed E-state index contributed by atoms with van der Waals surface area (Å²) in [6.07, 6.45) is 1.76. The van der Waals surface area contributed by atoms with E-state index in [0.29, 0.717) is 11.5 Å². The van der Waals surface area contributed by atoms with Gasteiger partial charge in [-0.25, -0.2) is 0 Å². The number of nitrogens with zero attached hydrogens (tertiary/aromatic N) is 3. The molecule has 1 N–H and O–H groups in total. The third kappa shape index (κ3) is 3.05. The molecule has 16 heavy (non-hydrogen) atoms. The molecule has 0 aliphatic rings. The van der Waals surface area contributed by atoms with E-state index in [2.05, 4.69) is 22.1 Å². The van der Waals surface area contributed by atoms with Gasteiger partial charge in [-0.2, -0.15) is 0 Å². The smallest absolute Gasteiger partial charge is 0.273 e. The van der Waals surface area contributed by atoms with Gasteiger partial charge in [-0.15, -0.1) is 16.8 Å². The first kappa shape index (κ1) is 12.2. The first-order valence-corrected chi connectivity index (χ1v) is 4.99. The zero-order chi connectivity index (χ0) is 12.1. The molecule has 5 heteroatoms. The molecule has 1 atom stereocenters. The summed E-state index contributed by atoms with van der Waals surface area (Å²) in [6.45, 7) is 5.61. The van der Waals surface area contributed by atoms with Crippen LogP contribution in [-0.2, 0) is 0 Å². The molecule has 0 fully saturated rings. The number of nitrogens with one attached hydrogen (secondary N) is 1. The van der Waals surface area contributed by atoms with Crippen LogP contribution in [0.25, 0.3) is 0 Å². The third-order valence-electron chi connectivity index (χ3n) is 2.02. The lowest BCUT2D eigenvalue weighted by Crippen LogP contribution is -2.23. The van der Waals surface area contributed by atoms with Crippen LogP contribution in [0.15, 0.2) is 24.8 Å². The lowest BCUT2D eigenvalue weighted by molar-refractivity contribution is 0.0821. The number of aromatic nitrogens is 2. The Kier molecular flexibility index (Phi) is 3.99. The summed E-state index contributed by atoms with van der Waals surface area (Å²) in [5.74, 6) is 0.471. The quantitative estimate of drug-likeness (QED) is 0.774. The highest BCUT2D eigenvalue weighted by atomic mass is 16.2. The van der Waals surface area contributed by atoms with Crippen molar-refractivity contribution in [1.82, 2.24) is 15.1 Å². The molecule has 1 aromatic rings. The Labute approximate surface area is 95.2 Å². The second-order valence-electron chi connectivity index (χ2n) is 3.67. The van der Waals surface area contributed by atoms with E-state index in [1.54, 1.807) is 32.3 Å². The van der Waals surface area contributed by atoms with Gasteiger partial charge in [0, 0.05) is 20.1 Å². The van der Waals surface area contributed by atoms with Crippen LogP contribution in [0.5, 0.6) is 0 Å². The second kappa shape index (κ2) is 5.25. The standard InChI is InChI=1S/C11H16N4O/c1-5-8(2)12-10-7-6-9(13-14-10)11(16)15(3)4/h5-8H,1H2,2-4H3,(H,12,14). The fourth-order valence-electron chi connectivity index (χ4n) is 1.04. The molecule has 0 aliphatic heterocycles. The van der Waals surface area contributed by atoms with E-state index in [9.17, 15) is 4.79 Å². The second-order valence-corrected chi connectivity index (χ2v) is 3.67. The average Bonchev–Trinajstić information content (AvgIpc) is 2.28. The molecule has 0 spiro atoms. The van der Waals surface area contributed by atoms with Crippen molar-refractivity contribution in [2.45, 2.75) is 13.0 Å². The van der Waals surface area contributed by atoms with Crippen LogP contribution in [0.1, 0.15) is 17.4 Å². The van der Waals surface area contributed by atoms with Crippen molar-refractivity contribution < 1.29 is 4.79 Å². The molecule has 0 radical (unpaired) electrons. The molecular formula is C11H16N4O. The van der Waals surface area contributed by atoms with Gasteiger partial charge in [-0.1, -0.05) is 6.08 Å². The number of anilines is 1. The summed E-state index contributed by atoms with van der Waals surface area (Å²) >= 11 is 0. The van der Waals surface area contributed by atoms with Gasteiger partial charge in [0.25, 0.3) is 5.91 Å². The van der Waals surface area contributed by atoms with Gasteiger partial charge in [0.1, 0.15) is 5.82 Å². The molecular weight excluding hydrogens is 204 g/mol. The molecule has 0 aliphatic carbocycles. The van der Waals surface area contributed by atoms with Crippen LogP contribution < -0.4 is 5.32 Å². The van der Waals surface area contributed by atoms with E-state index in [1.807, 2.05) is 6.92 Å². The Hall–Kier alpha value is -1.91. The Morgan fingerprint density at radius 1 is 1.50 bits per heavy atom. The summed E-state index contributed by atoms with van der Waals surface area (Å²) in [6, 6.07) is 3.49. The Balaban J connectivity index is 2.75. The fourth-order valence-corrected chi connectivity index (χ4v) is 1.04. The number of hydrogen-bond donors (Lipinski definition) is 1. The van der Waals surface area contributed by atoms with Crippen LogP contribution in [-0.4, -0.2) is 41.1 Å². The minimum atomic E-state index is -0.157. The first-order chi connectivity index (χ1) is 7.54. The minimum Gasteiger partial charge on any atom is -0.363 e. The maximum Gasteiger partial charge on any atom is 0.273 e. The van der Waals surface area contributed by atoms with Crippen molar-refractivity contribution in [2.24, 2.45) is 0 Å². The molecule has 0 saturated heterocycles. The summed E-state index contributed by atoms with van der Waals surface area (Å²) in [5.41, 5.74) is 0.335. The number of hydrogen-bond acceptors (Lipinski definition) is 4. The monoisotopic (exact) mass is 220 g/mol. The molecule has 1 unspecified atom stereocenters. The van der Waals surface area contributed by atoms with Gasteiger partial charge in [0.15, 0.2) is 5.69 Å². The van der Waals surface area contributed by atoms with E-state index in [1.165, 1.54) is 4.90 Å². The molecule has 0 saturated carbocycles.